The van der Waals surface area contributed by atoms with Crippen LogP contribution in [0.1, 0.15) is 31.7 Å². The second kappa shape index (κ2) is 10.4. The molecule has 2 atom stereocenters. The predicted molar refractivity (Wildman–Crippen MR) is 108 cm³/mol. The lowest BCUT2D eigenvalue weighted by atomic mass is 10.00. The molecule has 3 amide bonds. The first-order chi connectivity index (χ1) is 12.5. The lowest BCUT2D eigenvalue weighted by Crippen LogP contribution is -2.46. The molecule has 1 aromatic rings. The number of carbonyl (C=O) groups excluding carboxylic acids is 2. The number of nitrogens with zero attached hydrogens (tertiary/aromatic N) is 1. The number of rotatable bonds is 8. The Hall–Kier alpha value is -1.73. The number of nitrogens with one attached hydrogen (secondary N) is 2. The number of urea groups is 1. The zero-order valence-electron chi connectivity index (χ0n) is 15.7. The largest absolute Gasteiger partial charge is 0.352 e. The van der Waals surface area contributed by atoms with Gasteiger partial charge in [-0.3, -0.25) is 9.69 Å². The van der Waals surface area contributed by atoms with Crippen LogP contribution in [0.5, 0.6) is 0 Å². The van der Waals surface area contributed by atoms with Crippen molar-refractivity contribution < 1.29 is 9.59 Å². The van der Waals surface area contributed by atoms with Gasteiger partial charge in [0.05, 0.1) is 0 Å². The molecule has 2 rings (SSSR count). The van der Waals surface area contributed by atoms with Gasteiger partial charge in [-0.05, 0) is 61.4 Å². The smallest absolute Gasteiger partial charge is 0.312 e. The van der Waals surface area contributed by atoms with E-state index >= 15 is 0 Å². The number of hydrogen-bond donors (Lipinski definition) is 3. The van der Waals surface area contributed by atoms with Crippen LogP contribution in [0, 0.1) is 5.92 Å². The minimum absolute atomic E-state index is 0.240. The fraction of sp³-hybridized carbons (Fsp3) is 0.579. The maximum atomic E-state index is 12.4. The van der Waals surface area contributed by atoms with Crippen molar-refractivity contribution in [2.45, 2.75) is 38.8 Å². The first kappa shape index (κ1) is 20.6. The molecule has 1 saturated heterocycles. The number of hydrogen-bond acceptors (Lipinski definition) is 4. The number of piperidine rings is 1. The van der Waals surface area contributed by atoms with Gasteiger partial charge in [0.15, 0.2) is 0 Å². The second-order valence-electron chi connectivity index (χ2n) is 7.01. The molecule has 0 aromatic heterocycles. The molecule has 0 radical (unpaired) electrons. The van der Waals surface area contributed by atoms with Crippen molar-refractivity contribution >= 4 is 29.4 Å². The maximum absolute atomic E-state index is 12.4. The van der Waals surface area contributed by atoms with Crippen molar-refractivity contribution in [2.24, 2.45) is 11.7 Å². The number of nitrogens with two attached hydrogens (primary N) is 1. The molecular formula is C19H30N4O2S. The standard InChI is InChI=1S/C19H30N4O2S/c1-14-4-3-10-23(12-14)13-15-5-7-16(8-6-15)21-18(24)17(9-11-26-2)22-19(20)25/h5-8,14,17H,3-4,9-13H2,1-2H3,(H,21,24)(H3,20,22,25). The third-order valence-corrected chi connectivity index (χ3v) is 5.26. The van der Waals surface area contributed by atoms with E-state index in [4.69, 9.17) is 5.73 Å². The van der Waals surface area contributed by atoms with Crippen LogP contribution in [0.4, 0.5) is 10.5 Å². The number of anilines is 1. The summed E-state index contributed by atoms with van der Waals surface area (Å²) in [6.45, 7) is 5.55. The van der Waals surface area contributed by atoms with Crippen molar-refractivity contribution in [3.05, 3.63) is 29.8 Å². The Labute approximate surface area is 160 Å². The van der Waals surface area contributed by atoms with Gasteiger partial charge in [-0.15, -0.1) is 0 Å². The van der Waals surface area contributed by atoms with E-state index < -0.39 is 12.1 Å². The highest BCUT2D eigenvalue weighted by atomic mass is 32.2. The quantitative estimate of drug-likeness (QED) is 0.649. The molecule has 144 valence electrons. The zero-order valence-corrected chi connectivity index (χ0v) is 16.5. The third kappa shape index (κ3) is 6.88. The molecular weight excluding hydrogens is 348 g/mol. The summed E-state index contributed by atoms with van der Waals surface area (Å²) in [5.74, 6) is 1.29. The molecule has 26 heavy (non-hydrogen) atoms. The minimum Gasteiger partial charge on any atom is -0.352 e. The van der Waals surface area contributed by atoms with E-state index in [-0.39, 0.29) is 5.91 Å². The van der Waals surface area contributed by atoms with Crippen molar-refractivity contribution in [3.63, 3.8) is 0 Å². The monoisotopic (exact) mass is 378 g/mol. The van der Waals surface area contributed by atoms with Gasteiger partial charge in [-0.25, -0.2) is 4.79 Å². The maximum Gasteiger partial charge on any atom is 0.312 e. The Kier molecular flexibility index (Phi) is 8.25. The van der Waals surface area contributed by atoms with Crippen LogP contribution in [0.15, 0.2) is 24.3 Å². The normalized spacial score (nSPS) is 18.9. The number of benzene rings is 1. The van der Waals surface area contributed by atoms with Crippen LogP contribution < -0.4 is 16.4 Å². The zero-order chi connectivity index (χ0) is 18.9. The summed E-state index contributed by atoms with van der Waals surface area (Å²) in [5.41, 5.74) is 7.14. The van der Waals surface area contributed by atoms with E-state index in [0.717, 1.165) is 37.0 Å². The SMILES string of the molecule is CSCCC(NC(N)=O)C(=O)Nc1ccc(CN2CCCC(C)C2)cc1. The minimum atomic E-state index is -0.683. The van der Waals surface area contributed by atoms with Gasteiger partial charge in [-0.1, -0.05) is 19.1 Å². The summed E-state index contributed by atoms with van der Waals surface area (Å²) in [6.07, 6.45) is 5.08. The average molecular weight is 379 g/mol. The Morgan fingerprint density at radius 2 is 2.08 bits per heavy atom. The van der Waals surface area contributed by atoms with E-state index in [1.54, 1.807) is 11.8 Å². The van der Waals surface area contributed by atoms with Crippen LogP contribution >= 0.6 is 11.8 Å². The number of likely N-dealkylation sites (tertiary alicyclic amines) is 1. The van der Waals surface area contributed by atoms with Gasteiger partial charge in [0.1, 0.15) is 6.04 Å². The Morgan fingerprint density at radius 1 is 1.35 bits per heavy atom. The van der Waals surface area contributed by atoms with Crippen molar-refractivity contribution in [2.75, 3.05) is 30.4 Å². The molecule has 4 N–H and O–H groups in total. The van der Waals surface area contributed by atoms with E-state index in [9.17, 15) is 9.59 Å². The third-order valence-electron chi connectivity index (χ3n) is 4.61. The lowest BCUT2D eigenvalue weighted by Gasteiger charge is -2.30. The van der Waals surface area contributed by atoms with Crippen LogP contribution in [-0.2, 0) is 11.3 Å². The van der Waals surface area contributed by atoms with Crippen molar-refractivity contribution in [1.82, 2.24) is 10.2 Å². The summed E-state index contributed by atoms with van der Waals surface area (Å²) in [7, 11) is 0. The van der Waals surface area contributed by atoms with Gasteiger partial charge < -0.3 is 16.4 Å². The molecule has 1 aromatic carbocycles. The first-order valence-electron chi connectivity index (χ1n) is 9.15. The second-order valence-corrected chi connectivity index (χ2v) is 8.00. The van der Waals surface area contributed by atoms with E-state index in [1.165, 1.54) is 18.4 Å². The van der Waals surface area contributed by atoms with Crippen LogP contribution in [0.25, 0.3) is 0 Å². The Bertz CT molecular complexity index is 594. The van der Waals surface area contributed by atoms with Crippen molar-refractivity contribution in [3.8, 4) is 0 Å². The molecule has 6 nitrogen and oxygen atoms in total. The molecule has 0 saturated carbocycles. The number of carbonyl (C=O) groups is 2. The fourth-order valence-corrected chi connectivity index (χ4v) is 3.76. The highest BCUT2D eigenvalue weighted by Crippen LogP contribution is 2.19. The molecule has 1 fully saturated rings. The van der Waals surface area contributed by atoms with Gasteiger partial charge in [0.25, 0.3) is 0 Å². The molecule has 2 unspecified atom stereocenters. The predicted octanol–water partition coefficient (Wildman–Crippen LogP) is 2.65. The lowest BCUT2D eigenvalue weighted by molar-refractivity contribution is -0.117. The van der Waals surface area contributed by atoms with Gasteiger partial charge in [0, 0.05) is 18.8 Å². The molecule has 1 aliphatic rings. The number of primary amides is 1. The van der Waals surface area contributed by atoms with Crippen LogP contribution in [-0.4, -0.2) is 48.0 Å². The summed E-state index contributed by atoms with van der Waals surface area (Å²) >= 11 is 1.62. The Balaban J connectivity index is 1.90. The highest BCUT2D eigenvalue weighted by molar-refractivity contribution is 7.98. The molecule has 0 aliphatic carbocycles. The summed E-state index contributed by atoms with van der Waals surface area (Å²) in [5, 5.41) is 5.37. The summed E-state index contributed by atoms with van der Waals surface area (Å²) in [4.78, 5) is 26.0. The molecule has 1 aliphatic heterocycles. The number of amides is 3. The average Bonchev–Trinajstić information content (AvgIpc) is 2.60. The van der Waals surface area contributed by atoms with Crippen LogP contribution in [0.2, 0.25) is 0 Å². The topological polar surface area (TPSA) is 87.5 Å². The first-order valence-corrected chi connectivity index (χ1v) is 10.5. The van der Waals surface area contributed by atoms with Gasteiger partial charge in [0.2, 0.25) is 5.91 Å². The summed E-state index contributed by atoms with van der Waals surface area (Å²) in [6, 6.07) is 6.62. The van der Waals surface area contributed by atoms with Crippen molar-refractivity contribution in [1.29, 1.82) is 0 Å². The highest BCUT2D eigenvalue weighted by Gasteiger charge is 2.20. The van der Waals surface area contributed by atoms with Crippen LogP contribution in [0.3, 0.4) is 0 Å². The van der Waals surface area contributed by atoms with E-state index in [1.807, 2.05) is 30.5 Å². The molecule has 0 bridgehead atoms. The molecule has 1 heterocycles. The molecule has 7 heteroatoms. The van der Waals surface area contributed by atoms with E-state index in [0.29, 0.717) is 6.42 Å². The molecule has 0 spiro atoms. The number of thioether (sulfide) groups is 1. The summed E-state index contributed by atoms with van der Waals surface area (Å²) < 4.78 is 0. The fourth-order valence-electron chi connectivity index (χ4n) is 3.29. The van der Waals surface area contributed by atoms with Gasteiger partial charge >= 0.3 is 6.03 Å². The van der Waals surface area contributed by atoms with E-state index in [2.05, 4.69) is 22.5 Å². The Morgan fingerprint density at radius 3 is 2.69 bits per heavy atom. The van der Waals surface area contributed by atoms with Gasteiger partial charge in [-0.2, -0.15) is 11.8 Å².